The van der Waals surface area contributed by atoms with Gasteiger partial charge in [-0.1, -0.05) is 30.3 Å². The van der Waals surface area contributed by atoms with Crippen molar-refractivity contribution < 1.29 is 4.79 Å². The third-order valence-corrected chi connectivity index (χ3v) is 6.09. The predicted molar refractivity (Wildman–Crippen MR) is 110 cm³/mol. The molecule has 2 aliphatic rings. The first-order valence-electron chi connectivity index (χ1n) is 10.2. The fraction of sp³-hybridized carbons (Fsp3) is 0.435. The van der Waals surface area contributed by atoms with Crippen molar-refractivity contribution in [1.29, 1.82) is 0 Å². The lowest BCUT2D eigenvalue weighted by molar-refractivity contribution is 0.0772. The quantitative estimate of drug-likeness (QED) is 0.847. The maximum atomic E-state index is 12.8. The normalized spacial score (nSPS) is 23.7. The van der Waals surface area contributed by atoms with E-state index in [1.807, 2.05) is 24.8 Å². The number of carbonyl (C=O) groups excluding carboxylic acids is 1. The highest BCUT2D eigenvalue weighted by molar-refractivity contribution is 5.95. The molecule has 1 unspecified atom stereocenters. The average molecular weight is 364 g/mol. The number of benzene rings is 2. The van der Waals surface area contributed by atoms with Crippen LogP contribution in [0, 0.1) is 5.92 Å². The molecule has 0 spiro atoms. The summed E-state index contributed by atoms with van der Waals surface area (Å²) in [5.41, 5.74) is 4.52. The van der Waals surface area contributed by atoms with Gasteiger partial charge < -0.3 is 15.5 Å². The molecule has 27 heavy (non-hydrogen) atoms. The van der Waals surface area contributed by atoms with E-state index < -0.39 is 0 Å². The van der Waals surface area contributed by atoms with Crippen LogP contribution >= 0.6 is 0 Å². The number of piperidine rings is 1. The van der Waals surface area contributed by atoms with Crippen LogP contribution in [0.2, 0.25) is 0 Å². The van der Waals surface area contributed by atoms with Gasteiger partial charge in [-0.25, -0.2) is 0 Å². The Bertz CT molecular complexity index is 801. The molecule has 3 atom stereocenters. The molecule has 2 heterocycles. The summed E-state index contributed by atoms with van der Waals surface area (Å²) in [6.07, 6.45) is 2.39. The molecule has 0 radical (unpaired) electrons. The van der Waals surface area contributed by atoms with Gasteiger partial charge in [0.15, 0.2) is 0 Å². The van der Waals surface area contributed by atoms with Crippen LogP contribution in [0.1, 0.15) is 60.3 Å². The van der Waals surface area contributed by atoms with Gasteiger partial charge in [-0.15, -0.1) is 0 Å². The van der Waals surface area contributed by atoms with E-state index in [0.717, 1.165) is 30.9 Å². The van der Waals surface area contributed by atoms with Crippen LogP contribution in [0.4, 0.5) is 5.69 Å². The molecule has 1 amide bonds. The van der Waals surface area contributed by atoms with E-state index in [9.17, 15) is 4.79 Å². The molecule has 0 saturated carbocycles. The maximum Gasteiger partial charge on any atom is 0.253 e. The van der Waals surface area contributed by atoms with Crippen molar-refractivity contribution >= 4 is 11.6 Å². The third kappa shape index (κ3) is 3.34. The molecule has 2 aliphatic heterocycles. The van der Waals surface area contributed by atoms with Crippen LogP contribution in [-0.2, 0) is 0 Å². The fourth-order valence-electron chi connectivity index (χ4n) is 4.66. The Morgan fingerprint density at radius 3 is 2.59 bits per heavy atom. The van der Waals surface area contributed by atoms with Crippen molar-refractivity contribution in [1.82, 2.24) is 10.2 Å². The number of hydrogen-bond acceptors (Lipinski definition) is 3. The summed E-state index contributed by atoms with van der Waals surface area (Å²) < 4.78 is 0. The van der Waals surface area contributed by atoms with E-state index in [0.29, 0.717) is 18.0 Å². The lowest BCUT2D eigenvalue weighted by Crippen LogP contribution is -2.42. The van der Waals surface area contributed by atoms with Crippen molar-refractivity contribution in [3.05, 3.63) is 65.2 Å². The minimum atomic E-state index is 0.125. The Morgan fingerprint density at radius 2 is 1.85 bits per heavy atom. The van der Waals surface area contributed by atoms with Crippen LogP contribution < -0.4 is 10.6 Å². The molecule has 1 fully saturated rings. The van der Waals surface area contributed by atoms with E-state index in [1.54, 1.807) is 0 Å². The van der Waals surface area contributed by atoms with Gasteiger partial charge in [-0.05, 0) is 62.6 Å². The van der Waals surface area contributed by atoms with E-state index in [-0.39, 0.29) is 5.91 Å². The predicted octanol–water partition coefficient (Wildman–Crippen LogP) is 4.38. The number of anilines is 1. The minimum absolute atomic E-state index is 0.125. The second-order valence-corrected chi connectivity index (χ2v) is 7.55. The Balaban J connectivity index is 1.71. The van der Waals surface area contributed by atoms with Gasteiger partial charge >= 0.3 is 0 Å². The first-order valence-corrected chi connectivity index (χ1v) is 10.2. The summed E-state index contributed by atoms with van der Waals surface area (Å²) in [4.78, 5) is 14.7. The van der Waals surface area contributed by atoms with E-state index in [1.165, 1.54) is 24.0 Å². The third-order valence-electron chi connectivity index (χ3n) is 6.09. The van der Waals surface area contributed by atoms with Gasteiger partial charge in [0.1, 0.15) is 0 Å². The Hall–Kier alpha value is -2.33. The molecule has 2 aromatic carbocycles. The van der Waals surface area contributed by atoms with Crippen LogP contribution in [0.25, 0.3) is 0 Å². The lowest BCUT2D eigenvalue weighted by atomic mass is 9.75. The summed E-state index contributed by atoms with van der Waals surface area (Å²) >= 11 is 0. The number of hydrogen-bond donors (Lipinski definition) is 2. The first kappa shape index (κ1) is 18.1. The Kier molecular flexibility index (Phi) is 5.17. The van der Waals surface area contributed by atoms with Crippen LogP contribution in [0.15, 0.2) is 48.5 Å². The van der Waals surface area contributed by atoms with Crippen molar-refractivity contribution in [2.24, 2.45) is 5.92 Å². The zero-order chi connectivity index (χ0) is 18.8. The molecule has 4 rings (SSSR count). The molecule has 0 aromatic heterocycles. The van der Waals surface area contributed by atoms with Crippen molar-refractivity contribution in [3.63, 3.8) is 0 Å². The molecule has 1 saturated heterocycles. The molecule has 2 aromatic rings. The van der Waals surface area contributed by atoms with Crippen LogP contribution in [-0.4, -0.2) is 30.4 Å². The van der Waals surface area contributed by atoms with Crippen molar-refractivity contribution in [3.8, 4) is 0 Å². The van der Waals surface area contributed by atoms with Crippen molar-refractivity contribution in [2.75, 3.05) is 25.0 Å². The lowest BCUT2D eigenvalue weighted by Gasteiger charge is -2.44. The highest BCUT2D eigenvalue weighted by atomic mass is 16.2. The largest absolute Gasteiger partial charge is 0.378 e. The molecule has 4 nitrogen and oxygen atoms in total. The summed E-state index contributed by atoms with van der Waals surface area (Å²) in [6, 6.07) is 17.5. The second kappa shape index (κ2) is 7.73. The number of fused-ring (bicyclic) bond motifs is 3. The minimum Gasteiger partial charge on any atom is -0.378 e. The molecular formula is C23H29N3O. The van der Waals surface area contributed by atoms with Gasteiger partial charge in [0.2, 0.25) is 0 Å². The van der Waals surface area contributed by atoms with Gasteiger partial charge in [0.25, 0.3) is 5.91 Å². The first-order chi connectivity index (χ1) is 13.2. The summed E-state index contributed by atoms with van der Waals surface area (Å²) in [7, 11) is 0. The smallest absolute Gasteiger partial charge is 0.253 e. The molecular weight excluding hydrogens is 334 g/mol. The van der Waals surface area contributed by atoms with Gasteiger partial charge in [0, 0.05) is 36.3 Å². The fourth-order valence-corrected chi connectivity index (χ4v) is 4.66. The zero-order valence-electron chi connectivity index (χ0n) is 16.2. The second-order valence-electron chi connectivity index (χ2n) is 7.55. The maximum absolute atomic E-state index is 12.8. The molecule has 4 heteroatoms. The van der Waals surface area contributed by atoms with Gasteiger partial charge in [0.05, 0.1) is 6.04 Å². The molecule has 2 N–H and O–H groups in total. The standard InChI is InChI=1S/C23H29N3O/c1-3-26(4-2)23(27)17-12-13-20-19(15-17)22-18(11-8-14-24-22)21(25-20)16-9-6-5-7-10-16/h5-7,9-10,12-13,15,18,21-22,24-25H,3-4,8,11,14H2,1-2H3/t18-,21?,22-/m0/s1. The number of carbonyl (C=O) groups is 1. The van der Waals surface area contributed by atoms with E-state index in [2.05, 4.69) is 53.1 Å². The van der Waals surface area contributed by atoms with E-state index in [4.69, 9.17) is 0 Å². The summed E-state index contributed by atoms with van der Waals surface area (Å²) in [5.74, 6) is 0.618. The summed E-state index contributed by atoms with van der Waals surface area (Å²) in [5, 5.41) is 7.51. The highest BCUT2D eigenvalue weighted by Crippen LogP contribution is 2.47. The van der Waals surface area contributed by atoms with Crippen LogP contribution in [0.5, 0.6) is 0 Å². The molecule has 0 aliphatic carbocycles. The Morgan fingerprint density at radius 1 is 1.07 bits per heavy atom. The monoisotopic (exact) mass is 363 g/mol. The SMILES string of the molecule is CCN(CC)C(=O)c1ccc2c(c1)[C@H]1NCCC[C@H]1C(c1ccccc1)N2. The van der Waals surface area contributed by atoms with E-state index >= 15 is 0 Å². The average Bonchev–Trinajstić information content (AvgIpc) is 2.74. The number of nitrogens with one attached hydrogen (secondary N) is 2. The van der Waals surface area contributed by atoms with Crippen LogP contribution in [0.3, 0.4) is 0 Å². The molecule has 142 valence electrons. The zero-order valence-corrected chi connectivity index (χ0v) is 16.2. The van der Waals surface area contributed by atoms with Crippen molar-refractivity contribution in [2.45, 2.75) is 38.8 Å². The Labute approximate surface area is 162 Å². The molecule has 0 bridgehead atoms. The topological polar surface area (TPSA) is 44.4 Å². The number of nitrogens with zero attached hydrogens (tertiary/aromatic N) is 1. The number of rotatable bonds is 4. The summed E-state index contributed by atoms with van der Waals surface area (Å²) in [6.45, 7) is 6.58. The van der Waals surface area contributed by atoms with Gasteiger partial charge in [-0.2, -0.15) is 0 Å². The van der Waals surface area contributed by atoms with Gasteiger partial charge in [-0.3, -0.25) is 4.79 Å². The highest BCUT2D eigenvalue weighted by Gasteiger charge is 2.39. The number of amides is 1.